The van der Waals surface area contributed by atoms with Gasteiger partial charge in [-0.2, -0.15) is 4.98 Å². The van der Waals surface area contributed by atoms with Crippen LogP contribution in [0.25, 0.3) is 11.0 Å². The summed E-state index contributed by atoms with van der Waals surface area (Å²) in [6, 6.07) is 7.19. The monoisotopic (exact) mass is 499 g/mol. The summed E-state index contributed by atoms with van der Waals surface area (Å²) in [6.45, 7) is 8.07. The first-order valence-corrected chi connectivity index (χ1v) is 12.1. The summed E-state index contributed by atoms with van der Waals surface area (Å²) in [4.78, 5) is 31.4. The number of benzene rings is 1. The van der Waals surface area contributed by atoms with Crippen molar-refractivity contribution in [1.82, 2.24) is 9.55 Å². The van der Waals surface area contributed by atoms with Gasteiger partial charge >= 0.3 is 11.3 Å². The molecule has 3 aromatic rings. The van der Waals surface area contributed by atoms with Gasteiger partial charge in [-0.15, -0.1) is 0 Å². The van der Waals surface area contributed by atoms with E-state index >= 15 is 0 Å². The lowest BCUT2D eigenvalue weighted by molar-refractivity contribution is -0.0619. The van der Waals surface area contributed by atoms with Gasteiger partial charge in [0.1, 0.15) is 24.5 Å². The number of fused-ring (bicyclic) bond motifs is 1. The molecular formula is C26H33N3O7. The molecule has 0 N–H and O–H groups in total. The molecule has 1 aromatic carbocycles. The van der Waals surface area contributed by atoms with Gasteiger partial charge in [-0.3, -0.25) is 4.57 Å². The highest BCUT2D eigenvalue weighted by Crippen LogP contribution is 2.30. The van der Waals surface area contributed by atoms with Gasteiger partial charge in [0.15, 0.2) is 0 Å². The number of nitrogens with zero attached hydrogens (tertiary/aromatic N) is 3. The Hall–Kier alpha value is -3.21. The molecule has 36 heavy (non-hydrogen) atoms. The fourth-order valence-electron chi connectivity index (χ4n) is 4.61. The SMILES string of the molecule is CCN(CC)c1ccc2c(COc3nc(=O)n([C@H]4C[C@@H](OC)[C@@H](COC)O4)cc3C)cc(=O)oc2c1. The molecule has 0 radical (unpaired) electrons. The van der Waals surface area contributed by atoms with Crippen LogP contribution in [0.4, 0.5) is 5.69 Å². The molecule has 3 heterocycles. The molecule has 1 fully saturated rings. The molecule has 0 bridgehead atoms. The van der Waals surface area contributed by atoms with Crippen molar-refractivity contribution >= 4 is 16.7 Å². The average Bonchev–Trinajstić information content (AvgIpc) is 3.27. The Labute approximate surface area is 209 Å². The first-order valence-electron chi connectivity index (χ1n) is 12.1. The van der Waals surface area contributed by atoms with Crippen molar-refractivity contribution in [2.75, 3.05) is 38.8 Å². The summed E-state index contributed by atoms with van der Waals surface area (Å²) in [6.07, 6.45) is 1.22. The van der Waals surface area contributed by atoms with Gasteiger partial charge in [0.2, 0.25) is 5.88 Å². The zero-order valence-electron chi connectivity index (χ0n) is 21.4. The van der Waals surface area contributed by atoms with E-state index in [0.29, 0.717) is 29.7 Å². The van der Waals surface area contributed by atoms with Crippen LogP contribution in [-0.4, -0.2) is 55.7 Å². The van der Waals surface area contributed by atoms with Crippen molar-refractivity contribution in [1.29, 1.82) is 0 Å². The maximum atomic E-state index is 12.8. The number of methoxy groups -OCH3 is 2. The minimum Gasteiger partial charge on any atom is -0.472 e. The Balaban J connectivity index is 1.55. The van der Waals surface area contributed by atoms with E-state index in [1.54, 1.807) is 20.4 Å². The minimum absolute atomic E-state index is 0.0611. The molecule has 0 aliphatic carbocycles. The van der Waals surface area contributed by atoms with Crippen molar-refractivity contribution in [3.05, 3.63) is 62.5 Å². The molecule has 194 valence electrons. The number of anilines is 1. The van der Waals surface area contributed by atoms with Crippen LogP contribution in [-0.2, 0) is 20.8 Å². The third kappa shape index (κ3) is 5.30. The fourth-order valence-corrected chi connectivity index (χ4v) is 4.61. The normalized spacial score (nSPS) is 19.6. The van der Waals surface area contributed by atoms with Gasteiger partial charge < -0.3 is 28.3 Å². The molecule has 4 rings (SSSR count). The van der Waals surface area contributed by atoms with Crippen LogP contribution in [0.3, 0.4) is 0 Å². The van der Waals surface area contributed by atoms with Crippen LogP contribution in [0.2, 0.25) is 0 Å². The second kappa shape index (κ2) is 11.2. The summed E-state index contributed by atoms with van der Waals surface area (Å²) < 4.78 is 29.5. The van der Waals surface area contributed by atoms with Crippen LogP contribution in [0.5, 0.6) is 5.88 Å². The summed E-state index contributed by atoms with van der Waals surface area (Å²) in [7, 11) is 3.21. The summed E-state index contributed by atoms with van der Waals surface area (Å²) in [5.41, 5.74) is 1.83. The highest BCUT2D eigenvalue weighted by Gasteiger charge is 2.37. The summed E-state index contributed by atoms with van der Waals surface area (Å²) >= 11 is 0. The lowest BCUT2D eigenvalue weighted by Crippen LogP contribution is -2.29. The van der Waals surface area contributed by atoms with E-state index in [1.807, 2.05) is 25.1 Å². The third-order valence-electron chi connectivity index (χ3n) is 6.52. The Morgan fingerprint density at radius 2 is 1.94 bits per heavy atom. The first-order chi connectivity index (χ1) is 17.4. The second-order valence-corrected chi connectivity index (χ2v) is 8.75. The van der Waals surface area contributed by atoms with Gasteiger partial charge in [0.05, 0.1) is 12.7 Å². The van der Waals surface area contributed by atoms with Crippen molar-refractivity contribution in [3.8, 4) is 5.88 Å². The number of hydrogen-bond acceptors (Lipinski definition) is 9. The standard InChI is InChI=1S/C26H33N3O7/c1-6-28(7-2)18-8-9-19-17(10-24(30)36-20(19)11-18)14-34-25-16(3)13-29(26(31)27-25)23-12-21(33-5)22(35-23)15-32-4/h8-11,13,21-23H,6-7,12,14-15H2,1-5H3/t21-,22-,23-/m1/s1. The van der Waals surface area contributed by atoms with Crippen LogP contribution in [0.1, 0.15) is 37.6 Å². The topological polar surface area (TPSA) is 105 Å². The zero-order chi connectivity index (χ0) is 25.8. The molecule has 0 saturated carbocycles. The minimum atomic E-state index is -0.509. The number of rotatable bonds is 10. The zero-order valence-corrected chi connectivity index (χ0v) is 21.4. The predicted octanol–water partition coefficient (Wildman–Crippen LogP) is 3.03. The van der Waals surface area contributed by atoms with Crippen molar-refractivity contribution < 1.29 is 23.4 Å². The van der Waals surface area contributed by atoms with E-state index in [2.05, 4.69) is 23.7 Å². The molecule has 2 aromatic heterocycles. The molecule has 1 saturated heterocycles. The largest absolute Gasteiger partial charge is 0.472 e. The molecule has 1 aliphatic heterocycles. The molecule has 3 atom stereocenters. The van der Waals surface area contributed by atoms with Gasteiger partial charge in [-0.25, -0.2) is 9.59 Å². The van der Waals surface area contributed by atoms with E-state index in [4.69, 9.17) is 23.4 Å². The quantitative estimate of drug-likeness (QED) is 0.389. The number of aryl methyl sites for hydroxylation is 1. The first kappa shape index (κ1) is 25.9. The fraction of sp³-hybridized carbons (Fsp3) is 0.500. The van der Waals surface area contributed by atoms with E-state index < -0.39 is 17.5 Å². The van der Waals surface area contributed by atoms with E-state index in [0.717, 1.165) is 24.2 Å². The number of aromatic nitrogens is 2. The van der Waals surface area contributed by atoms with E-state index in [-0.39, 0.29) is 24.7 Å². The van der Waals surface area contributed by atoms with Gasteiger partial charge in [0, 0.05) is 74.3 Å². The average molecular weight is 500 g/mol. The third-order valence-corrected chi connectivity index (χ3v) is 6.52. The lowest BCUT2D eigenvalue weighted by Gasteiger charge is -2.21. The molecule has 10 nitrogen and oxygen atoms in total. The summed E-state index contributed by atoms with van der Waals surface area (Å²) in [5, 5.41) is 0.769. The van der Waals surface area contributed by atoms with E-state index in [9.17, 15) is 9.59 Å². The lowest BCUT2D eigenvalue weighted by atomic mass is 10.1. The van der Waals surface area contributed by atoms with Crippen molar-refractivity contribution in [3.63, 3.8) is 0 Å². The Morgan fingerprint density at radius 3 is 2.64 bits per heavy atom. The number of hydrogen-bond donors (Lipinski definition) is 0. The Kier molecular flexibility index (Phi) is 8.07. The van der Waals surface area contributed by atoms with Gasteiger partial charge in [-0.1, -0.05) is 0 Å². The summed E-state index contributed by atoms with van der Waals surface area (Å²) in [5.74, 6) is 0.201. The highest BCUT2D eigenvalue weighted by molar-refractivity contribution is 5.83. The van der Waals surface area contributed by atoms with Crippen LogP contribution >= 0.6 is 0 Å². The maximum absolute atomic E-state index is 12.8. The molecule has 10 heteroatoms. The molecule has 1 aliphatic rings. The highest BCUT2D eigenvalue weighted by atomic mass is 16.6. The maximum Gasteiger partial charge on any atom is 0.352 e. The van der Waals surface area contributed by atoms with Gasteiger partial charge in [-0.05, 0) is 32.9 Å². The Bertz CT molecular complexity index is 1320. The van der Waals surface area contributed by atoms with Crippen LogP contribution in [0.15, 0.2) is 44.5 Å². The molecule has 0 unspecified atom stereocenters. The van der Waals surface area contributed by atoms with Crippen molar-refractivity contribution in [2.24, 2.45) is 0 Å². The van der Waals surface area contributed by atoms with Crippen LogP contribution in [0, 0.1) is 6.92 Å². The van der Waals surface area contributed by atoms with Gasteiger partial charge in [0.25, 0.3) is 0 Å². The van der Waals surface area contributed by atoms with Crippen molar-refractivity contribution in [2.45, 2.75) is 52.2 Å². The molecular weight excluding hydrogens is 466 g/mol. The smallest absolute Gasteiger partial charge is 0.352 e. The Morgan fingerprint density at radius 1 is 1.17 bits per heavy atom. The van der Waals surface area contributed by atoms with Crippen LogP contribution < -0.4 is 21.0 Å². The second-order valence-electron chi connectivity index (χ2n) is 8.75. The molecule has 0 spiro atoms. The predicted molar refractivity (Wildman–Crippen MR) is 135 cm³/mol. The number of ether oxygens (including phenoxy) is 4. The molecule has 0 amide bonds. The van der Waals surface area contributed by atoms with E-state index in [1.165, 1.54) is 10.6 Å².